The molecule has 27 heavy (non-hydrogen) atoms. The molecule has 3 rings (SSSR count). The average Bonchev–Trinajstić information content (AvgIpc) is 3.33. The number of nitrogens with zero attached hydrogens (tertiary/aromatic N) is 5. The molecule has 0 spiro atoms. The Kier molecular flexibility index (Phi) is 6.03. The van der Waals surface area contributed by atoms with Crippen LogP contribution in [-0.2, 0) is 20.1 Å². The van der Waals surface area contributed by atoms with Gasteiger partial charge in [-0.25, -0.2) is 9.98 Å². The standard InChI is InChI=1S/C18H24N8O/c1-4-19-18(20-11-14-9-10-22-26(14)2)21-12-16-23-17(25-24-16)13-5-7-15(27-3)8-6-13/h5-10H,4,11-12H2,1-3H3,(H2,19,20,21)(H,23,24,25). The van der Waals surface area contributed by atoms with E-state index in [2.05, 4.69) is 35.9 Å². The van der Waals surface area contributed by atoms with E-state index in [9.17, 15) is 0 Å². The van der Waals surface area contributed by atoms with Crippen LogP contribution in [0.2, 0.25) is 0 Å². The van der Waals surface area contributed by atoms with Gasteiger partial charge >= 0.3 is 0 Å². The number of aromatic amines is 1. The van der Waals surface area contributed by atoms with Gasteiger partial charge in [-0.05, 0) is 37.3 Å². The molecule has 0 atom stereocenters. The van der Waals surface area contributed by atoms with Crippen molar-refractivity contribution < 1.29 is 4.74 Å². The van der Waals surface area contributed by atoms with Gasteiger partial charge in [0.05, 0.1) is 19.3 Å². The lowest BCUT2D eigenvalue weighted by Crippen LogP contribution is -2.37. The molecule has 0 amide bonds. The maximum Gasteiger partial charge on any atom is 0.192 e. The van der Waals surface area contributed by atoms with Gasteiger partial charge in [0.2, 0.25) is 0 Å². The molecule has 9 nitrogen and oxygen atoms in total. The van der Waals surface area contributed by atoms with Crippen LogP contribution < -0.4 is 15.4 Å². The second kappa shape index (κ2) is 8.84. The van der Waals surface area contributed by atoms with Gasteiger partial charge in [0, 0.05) is 25.4 Å². The predicted octanol–water partition coefficient (Wildman–Crippen LogP) is 1.47. The molecule has 0 aliphatic rings. The minimum Gasteiger partial charge on any atom is -0.497 e. The van der Waals surface area contributed by atoms with Gasteiger partial charge in [-0.2, -0.15) is 10.2 Å². The number of aliphatic imine (C=N–C) groups is 1. The first-order valence-electron chi connectivity index (χ1n) is 8.74. The number of hydrogen-bond acceptors (Lipinski definition) is 5. The molecule has 142 valence electrons. The molecule has 0 saturated heterocycles. The van der Waals surface area contributed by atoms with Crippen molar-refractivity contribution in [3.63, 3.8) is 0 Å². The second-order valence-corrected chi connectivity index (χ2v) is 5.83. The van der Waals surface area contributed by atoms with Crippen LogP contribution in [0.1, 0.15) is 18.4 Å². The first-order chi connectivity index (χ1) is 13.2. The van der Waals surface area contributed by atoms with Gasteiger partial charge in [0.15, 0.2) is 11.8 Å². The summed E-state index contributed by atoms with van der Waals surface area (Å²) >= 11 is 0. The van der Waals surface area contributed by atoms with Crippen LogP contribution in [0.4, 0.5) is 0 Å². The van der Waals surface area contributed by atoms with Gasteiger partial charge < -0.3 is 15.4 Å². The Morgan fingerprint density at radius 3 is 2.70 bits per heavy atom. The third kappa shape index (κ3) is 4.84. The highest BCUT2D eigenvalue weighted by Crippen LogP contribution is 2.18. The smallest absolute Gasteiger partial charge is 0.192 e. The molecule has 2 aromatic heterocycles. The molecule has 0 radical (unpaired) electrons. The van der Waals surface area contributed by atoms with Crippen LogP contribution in [-0.4, -0.2) is 44.6 Å². The van der Waals surface area contributed by atoms with E-state index in [1.807, 2.05) is 49.0 Å². The summed E-state index contributed by atoms with van der Waals surface area (Å²) in [5, 5.41) is 17.9. The quantitative estimate of drug-likeness (QED) is 0.431. The summed E-state index contributed by atoms with van der Waals surface area (Å²) < 4.78 is 7.00. The highest BCUT2D eigenvalue weighted by Gasteiger charge is 2.07. The number of aryl methyl sites for hydroxylation is 1. The summed E-state index contributed by atoms with van der Waals surface area (Å²) in [7, 11) is 3.55. The monoisotopic (exact) mass is 368 g/mol. The van der Waals surface area contributed by atoms with E-state index in [1.165, 1.54) is 0 Å². The molecule has 0 aliphatic carbocycles. The van der Waals surface area contributed by atoms with E-state index in [4.69, 9.17) is 4.74 Å². The second-order valence-electron chi connectivity index (χ2n) is 5.83. The molecular weight excluding hydrogens is 344 g/mol. The Morgan fingerprint density at radius 2 is 2.04 bits per heavy atom. The van der Waals surface area contributed by atoms with Crippen molar-refractivity contribution in [3.05, 3.63) is 48.0 Å². The number of benzene rings is 1. The first kappa shape index (κ1) is 18.4. The van der Waals surface area contributed by atoms with Crippen molar-refractivity contribution >= 4 is 5.96 Å². The van der Waals surface area contributed by atoms with E-state index in [1.54, 1.807) is 13.3 Å². The Morgan fingerprint density at radius 1 is 1.22 bits per heavy atom. The Labute approximate surface area is 157 Å². The zero-order chi connectivity index (χ0) is 19.1. The van der Waals surface area contributed by atoms with E-state index >= 15 is 0 Å². The summed E-state index contributed by atoms with van der Waals surface area (Å²) in [6.45, 7) is 3.82. The number of methoxy groups -OCH3 is 1. The summed E-state index contributed by atoms with van der Waals surface area (Å²) in [4.78, 5) is 9.07. The predicted molar refractivity (Wildman–Crippen MR) is 103 cm³/mol. The molecule has 0 unspecified atom stereocenters. The largest absolute Gasteiger partial charge is 0.497 e. The molecule has 3 aromatic rings. The van der Waals surface area contributed by atoms with E-state index in [-0.39, 0.29) is 0 Å². The maximum absolute atomic E-state index is 5.17. The molecule has 2 heterocycles. The van der Waals surface area contributed by atoms with Crippen LogP contribution in [0.5, 0.6) is 5.75 Å². The molecule has 0 fully saturated rings. The first-order valence-corrected chi connectivity index (χ1v) is 8.74. The normalized spacial score (nSPS) is 11.4. The molecule has 9 heteroatoms. The topological polar surface area (TPSA) is 105 Å². The minimum atomic E-state index is 0.393. The molecule has 1 aromatic carbocycles. The van der Waals surface area contributed by atoms with E-state index in [0.29, 0.717) is 30.7 Å². The molecule has 0 aliphatic heterocycles. The highest BCUT2D eigenvalue weighted by molar-refractivity contribution is 5.79. The van der Waals surface area contributed by atoms with Crippen molar-refractivity contribution in [2.45, 2.75) is 20.0 Å². The number of guanidine groups is 1. The van der Waals surface area contributed by atoms with E-state index < -0.39 is 0 Å². The zero-order valence-corrected chi connectivity index (χ0v) is 15.7. The molecular formula is C18H24N8O. The average molecular weight is 368 g/mol. The SMILES string of the molecule is CCNC(=NCc1nc(-c2ccc(OC)cc2)n[nH]1)NCc1ccnn1C. The summed E-state index contributed by atoms with van der Waals surface area (Å²) in [5.41, 5.74) is 1.99. The van der Waals surface area contributed by atoms with Crippen molar-refractivity contribution in [2.75, 3.05) is 13.7 Å². The Balaban J connectivity index is 1.63. The zero-order valence-electron chi connectivity index (χ0n) is 15.7. The van der Waals surface area contributed by atoms with Gasteiger partial charge in [-0.3, -0.25) is 9.78 Å². The molecule has 0 saturated carbocycles. The van der Waals surface area contributed by atoms with Crippen LogP contribution in [0.25, 0.3) is 11.4 Å². The number of ether oxygens (including phenoxy) is 1. The number of H-pyrrole nitrogens is 1. The Bertz CT molecular complexity index is 881. The van der Waals surface area contributed by atoms with Crippen molar-refractivity contribution in [2.24, 2.45) is 12.0 Å². The third-order valence-corrected chi connectivity index (χ3v) is 3.97. The number of nitrogens with one attached hydrogen (secondary N) is 3. The van der Waals surface area contributed by atoms with Crippen LogP contribution in [0, 0.1) is 0 Å². The Hall–Kier alpha value is -3.36. The van der Waals surface area contributed by atoms with E-state index in [0.717, 1.165) is 23.6 Å². The fourth-order valence-electron chi connectivity index (χ4n) is 2.48. The van der Waals surface area contributed by atoms with Crippen molar-refractivity contribution in [1.82, 2.24) is 35.6 Å². The molecule has 3 N–H and O–H groups in total. The lowest BCUT2D eigenvalue weighted by Gasteiger charge is -2.10. The van der Waals surface area contributed by atoms with Gasteiger partial charge in [0.25, 0.3) is 0 Å². The van der Waals surface area contributed by atoms with Crippen LogP contribution >= 0.6 is 0 Å². The van der Waals surface area contributed by atoms with Gasteiger partial charge in [-0.15, -0.1) is 0 Å². The van der Waals surface area contributed by atoms with Gasteiger partial charge in [-0.1, -0.05) is 0 Å². The number of rotatable bonds is 7. The van der Waals surface area contributed by atoms with Crippen molar-refractivity contribution in [3.8, 4) is 17.1 Å². The fourth-order valence-corrected chi connectivity index (χ4v) is 2.48. The number of aromatic nitrogens is 5. The summed E-state index contributed by atoms with van der Waals surface area (Å²) in [5.74, 6) is 2.84. The van der Waals surface area contributed by atoms with Crippen LogP contribution in [0.15, 0.2) is 41.5 Å². The van der Waals surface area contributed by atoms with Gasteiger partial charge in [0.1, 0.15) is 18.1 Å². The molecule has 0 bridgehead atoms. The maximum atomic E-state index is 5.17. The van der Waals surface area contributed by atoms with Crippen LogP contribution in [0.3, 0.4) is 0 Å². The summed E-state index contributed by atoms with van der Waals surface area (Å²) in [6.07, 6.45) is 1.77. The third-order valence-electron chi connectivity index (χ3n) is 3.97. The number of hydrogen-bond donors (Lipinski definition) is 3. The minimum absolute atomic E-state index is 0.393. The highest BCUT2D eigenvalue weighted by atomic mass is 16.5. The lowest BCUT2D eigenvalue weighted by atomic mass is 10.2. The van der Waals surface area contributed by atoms with Crippen molar-refractivity contribution in [1.29, 1.82) is 0 Å². The fraction of sp³-hybridized carbons (Fsp3) is 0.333. The summed E-state index contributed by atoms with van der Waals surface area (Å²) in [6, 6.07) is 9.58. The lowest BCUT2D eigenvalue weighted by molar-refractivity contribution is 0.415.